The first-order valence-electron chi connectivity index (χ1n) is 5.59. The number of amides is 2. The van der Waals surface area contributed by atoms with Crippen LogP contribution >= 0.6 is 24.0 Å². The van der Waals surface area contributed by atoms with E-state index in [2.05, 4.69) is 5.32 Å². The lowest BCUT2D eigenvalue weighted by Crippen LogP contribution is -2.37. The van der Waals surface area contributed by atoms with Gasteiger partial charge in [-0.25, -0.2) is 4.39 Å². The minimum absolute atomic E-state index is 0.00722. The number of nitrogens with zero attached hydrogens (tertiary/aromatic N) is 1. The Labute approximate surface area is 119 Å². The molecule has 0 unspecified atom stereocenters. The lowest BCUT2D eigenvalue weighted by Gasteiger charge is -2.15. The average molecular weight is 298 g/mol. The molecule has 0 aromatic heterocycles. The van der Waals surface area contributed by atoms with Gasteiger partial charge in [-0.3, -0.25) is 14.5 Å². The molecule has 1 heterocycles. The van der Waals surface area contributed by atoms with Gasteiger partial charge in [-0.1, -0.05) is 36.1 Å². The zero-order chi connectivity index (χ0) is 13.8. The van der Waals surface area contributed by atoms with E-state index in [0.29, 0.717) is 16.6 Å². The third-order valence-corrected chi connectivity index (χ3v) is 4.01. The van der Waals surface area contributed by atoms with Crippen LogP contribution in [0, 0.1) is 5.82 Å². The molecule has 1 fully saturated rings. The molecule has 0 radical (unpaired) electrons. The highest BCUT2D eigenvalue weighted by Gasteiger charge is 2.26. The highest BCUT2D eigenvalue weighted by atomic mass is 32.2. The Bertz CT molecular complexity index is 520. The van der Waals surface area contributed by atoms with Gasteiger partial charge < -0.3 is 5.32 Å². The van der Waals surface area contributed by atoms with Crippen LogP contribution in [0.5, 0.6) is 0 Å². The molecule has 4 nitrogen and oxygen atoms in total. The normalized spacial score (nSPS) is 14.9. The van der Waals surface area contributed by atoms with Gasteiger partial charge in [0.2, 0.25) is 5.91 Å². The molecule has 1 aliphatic heterocycles. The summed E-state index contributed by atoms with van der Waals surface area (Å²) in [5, 5.41) is 2.57. The quantitative estimate of drug-likeness (QED) is 0.854. The number of hydrogen-bond donors (Lipinski definition) is 1. The standard InChI is InChI=1S/C12H11FN2O2S2/c13-9-4-2-1-3-8(9)11(17)14-5-6-15-10(16)7-19-12(15)18/h1-4H,5-7H2,(H,14,17). The molecule has 0 atom stereocenters. The number of nitrogens with one attached hydrogen (secondary N) is 1. The van der Waals surface area contributed by atoms with Crippen molar-refractivity contribution in [2.45, 2.75) is 0 Å². The van der Waals surface area contributed by atoms with E-state index in [9.17, 15) is 14.0 Å². The zero-order valence-corrected chi connectivity index (χ0v) is 11.5. The van der Waals surface area contributed by atoms with E-state index in [0.717, 1.165) is 0 Å². The van der Waals surface area contributed by atoms with Crippen molar-refractivity contribution in [1.82, 2.24) is 10.2 Å². The highest BCUT2D eigenvalue weighted by Crippen LogP contribution is 2.18. The first-order chi connectivity index (χ1) is 9.09. The molecule has 0 bridgehead atoms. The Morgan fingerprint density at radius 1 is 1.47 bits per heavy atom. The summed E-state index contributed by atoms with van der Waals surface area (Å²) in [6.07, 6.45) is 0. The number of rotatable bonds is 4. The summed E-state index contributed by atoms with van der Waals surface area (Å²) < 4.78 is 13.9. The third-order valence-electron chi connectivity index (χ3n) is 2.58. The molecule has 100 valence electrons. The van der Waals surface area contributed by atoms with E-state index in [1.165, 1.54) is 34.9 Å². The van der Waals surface area contributed by atoms with Gasteiger partial charge in [0, 0.05) is 13.1 Å². The summed E-state index contributed by atoms with van der Waals surface area (Å²) in [5.74, 6) is -0.776. The zero-order valence-electron chi connectivity index (χ0n) is 9.89. The summed E-state index contributed by atoms with van der Waals surface area (Å²) >= 11 is 6.31. The summed E-state index contributed by atoms with van der Waals surface area (Å²) in [6, 6.07) is 5.75. The molecule has 1 aromatic rings. The monoisotopic (exact) mass is 298 g/mol. The van der Waals surface area contributed by atoms with Crippen molar-refractivity contribution in [2.24, 2.45) is 0 Å². The molecule has 1 saturated heterocycles. The number of benzene rings is 1. The number of thiocarbonyl (C=S) groups is 1. The second-order valence-electron chi connectivity index (χ2n) is 3.84. The highest BCUT2D eigenvalue weighted by molar-refractivity contribution is 8.23. The fourth-order valence-electron chi connectivity index (χ4n) is 1.62. The van der Waals surface area contributed by atoms with Crippen LogP contribution in [-0.4, -0.2) is 39.9 Å². The van der Waals surface area contributed by atoms with Crippen molar-refractivity contribution in [1.29, 1.82) is 0 Å². The van der Waals surface area contributed by atoms with E-state index < -0.39 is 11.7 Å². The van der Waals surface area contributed by atoms with Gasteiger partial charge in [-0.2, -0.15) is 0 Å². The molecular formula is C12H11FN2O2S2. The number of thioether (sulfide) groups is 1. The van der Waals surface area contributed by atoms with Crippen molar-refractivity contribution in [2.75, 3.05) is 18.8 Å². The SMILES string of the molecule is O=C(NCCN1C(=O)CSC1=S)c1ccccc1F. The van der Waals surface area contributed by atoms with Crippen LogP contribution in [-0.2, 0) is 4.79 Å². The van der Waals surface area contributed by atoms with E-state index in [1.807, 2.05) is 0 Å². The maximum Gasteiger partial charge on any atom is 0.254 e. The van der Waals surface area contributed by atoms with Crippen LogP contribution in [0.3, 0.4) is 0 Å². The van der Waals surface area contributed by atoms with Gasteiger partial charge in [-0.05, 0) is 12.1 Å². The van der Waals surface area contributed by atoms with Crippen molar-refractivity contribution >= 4 is 40.1 Å². The molecular weight excluding hydrogens is 287 g/mol. The summed E-state index contributed by atoms with van der Waals surface area (Å²) in [4.78, 5) is 24.6. The Morgan fingerprint density at radius 2 is 2.21 bits per heavy atom. The van der Waals surface area contributed by atoms with Gasteiger partial charge in [-0.15, -0.1) is 0 Å². The maximum absolute atomic E-state index is 13.3. The topological polar surface area (TPSA) is 49.4 Å². The van der Waals surface area contributed by atoms with Gasteiger partial charge in [0.25, 0.3) is 5.91 Å². The maximum atomic E-state index is 13.3. The first-order valence-corrected chi connectivity index (χ1v) is 6.99. The second-order valence-corrected chi connectivity index (χ2v) is 5.44. The van der Waals surface area contributed by atoms with Crippen LogP contribution in [0.2, 0.25) is 0 Å². The number of carbonyl (C=O) groups is 2. The molecule has 1 N–H and O–H groups in total. The Hall–Kier alpha value is -1.47. The molecule has 2 amide bonds. The van der Waals surface area contributed by atoms with Crippen molar-refractivity contribution in [3.8, 4) is 0 Å². The van der Waals surface area contributed by atoms with Crippen LogP contribution in [0.4, 0.5) is 4.39 Å². The molecule has 0 aliphatic carbocycles. The van der Waals surface area contributed by atoms with E-state index >= 15 is 0 Å². The number of hydrogen-bond acceptors (Lipinski definition) is 4. The fraction of sp³-hybridized carbons (Fsp3) is 0.250. The Kier molecular flexibility index (Phi) is 4.49. The van der Waals surface area contributed by atoms with Gasteiger partial charge in [0.1, 0.15) is 10.1 Å². The minimum Gasteiger partial charge on any atom is -0.350 e. The van der Waals surface area contributed by atoms with Crippen LogP contribution < -0.4 is 5.32 Å². The van der Waals surface area contributed by atoms with Crippen LogP contribution in [0.1, 0.15) is 10.4 Å². The van der Waals surface area contributed by atoms with Crippen LogP contribution in [0.15, 0.2) is 24.3 Å². The lowest BCUT2D eigenvalue weighted by molar-refractivity contribution is -0.123. The van der Waals surface area contributed by atoms with Crippen molar-refractivity contribution in [3.63, 3.8) is 0 Å². The molecule has 0 spiro atoms. The summed E-state index contributed by atoms with van der Waals surface area (Å²) in [5.41, 5.74) is -0.00722. The first kappa shape index (κ1) is 14.0. The fourth-order valence-corrected chi connectivity index (χ4v) is 2.74. The summed E-state index contributed by atoms with van der Waals surface area (Å²) in [6.45, 7) is 0.546. The molecule has 19 heavy (non-hydrogen) atoms. The van der Waals surface area contributed by atoms with Gasteiger partial charge in [0.15, 0.2) is 0 Å². The third kappa shape index (κ3) is 3.30. The molecule has 2 rings (SSSR count). The molecule has 1 aromatic carbocycles. The van der Waals surface area contributed by atoms with E-state index in [1.54, 1.807) is 6.07 Å². The van der Waals surface area contributed by atoms with E-state index in [4.69, 9.17) is 12.2 Å². The van der Waals surface area contributed by atoms with Crippen molar-refractivity contribution in [3.05, 3.63) is 35.6 Å². The Balaban J connectivity index is 1.86. The Morgan fingerprint density at radius 3 is 2.84 bits per heavy atom. The average Bonchev–Trinajstić information content (AvgIpc) is 2.70. The largest absolute Gasteiger partial charge is 0.350 e. The molecule has 1 aliphatic rings. The summed E-state index contributed by atoms with van der Waals surface area (Å²) in [7, 11) is 0. The lowest BCUT2D eigenvalue weighted by atomic mass is 10.2. The van der Waals surface area contributed by atoms with Crippen LogP contribution in [0.25, 0.3) is 0 Å². The predicted molar refractivity (Wildman–Crippen MR) is 75.5 cm³/mol. The minimum atomic E-state index is -0.566. The molecule has 7 heteroatoms. The molecule has 0 saturated carbocycles. The number of carbonyl (C=O) groups excluding carboxylic acids is 2. The van der Waals surface area contributed by atoms with Gasteiger partial charge >= 0.3 is 0 Å². The number of halogens is 1. The predicted octanol–water partition coefficient (Wildman–Crippen LogP) is 1.42. The van der Waals surface area contributed by atoms with Crippen molar-refractivity contribution < 1.29 is 14.0 Å². The second kappa shape index (κ2) is 6.12. The van der Waals surface area contributed by atoms with E-state index in [-0.39, 0.29) is 18.0 Å². The van der Waals surface area contributed by atoms with Gasteiger partial charge in [0.05, 0.1) is 11.3 Å². The smallest absolute Gasteiger partial charge is 0.254 e.